The van der Waals surface area contributed by atoms with Crippen LogP contribution in [-0.2, 0) is 28.7 Å². The van der Waals surface area contributed by atoms with E-state index in [1.807, 2.05) is 86.6 Å². The molecule has 3 saturated heterocycles. The number of fused-ring (bicyclic) bond motifs is 2. The number of carbonyl (C=O) groups excluding carboxylic acids is 4. The van der Waals surface area contributed by atoms with Gasteiger partial charge >= 0.3 is 5.97 Å². The Morgan fingerprint density at radius 3 is 2.47 bits per heavy atom. The lowest BCUT2D eigenvalue weighted by atomic mass is 9.70. The van der Waals surface area contributed by atoms with Gasteiger partial charge in [-0.2, -0.15) is 0 Å². The third-order valence-electron chi connectivity index (χ3n) is 10.7. The molecular weight excluding hydrogens is 738 g/mol. The number of rotatable bonds is 16. The summed E-state index contributed by atoms with van der Waals surface area (Å²) in [5.41, 5.74) is -0.0670. The molecule has 1 unspecified atom stereocenters. The Morgan fingerprint density at radius 2 is 1.79 bits per heavy atom. The lowest BCUT2D eigenvalue weighted by Gasteiger charge is -2.39. The van der Waals surface area contributed by atoms with E-state index in [0.29, 0.717) is 30.5 Å². The van der Waals surface area contributed by atoms with Crippen molar-refractivity contribution >= 4 is 56.1 Å². The van der Waals surface area contributed by atoms with Crippen molar-refractivity contribution in [1.29, 1.82) is 0 Å². The maximum absolute atomic E-state index is 15.2. The molecule has 3 aliphatic heterocycles. The van der Waals surface area contributed by atoms with Crippen LogP contribution >= 0.6 is 15.9 Å². The van der Waals surface area contributed by atoms with Gasteiger partial charge in [-0.1, -0.05) is 103 Å². The summed E-state index contributed by atoms with van der Waals surface area (Å²) >= 11 is 3.75. The topological polar surface area (TPSA) is 125 Å². The molecule has 3 fully saturated rings. The number of hydrogen-bond donors (Lipinski definition) is 2. The van der Waals surface area contributed by atoms with Crippen LogP contribution in [0.3, 0.4) is 0 Å². The average molecular weight is 787 g/mol. The highest BCUT2D eigenvalue weighted by Crippen LogP contribution is 2.61. The Hall–Kier alpha value is -4.32. The van der Waals surface area contributed by atoms with E-state index < -0.39 is 53.6 Å². The first-order valence-corrected chi connectivity index (χ1v) is 19.2. The number of alkyl halides is 1. The molecule has 2 bridgehead atoms. The fourth-order valence-corrected chi connectivity index (χ4v) is 9.36. The highest BCUT2D eigenvalue weighted by atomic mass is 79.9. The van der Waals surface area contributed by atoms with Crippen LogP contribution in [0.15, 0.2) is 98.1 Å². The molecule has 53 heavy (non-hydrogen) atoms. The number of ether oxygens (including phenoxy) is 2. The molecule has 3 heterocycles. The number of benzene rings is 3. The summed E-state index contributed by atoms with van der Waals surface area (Å²) in [6.45, 7) is 11.4. The van der Waals surface area contributed by atoms with Gasteiger partial charge in [-0.25, -0.2) is 0 Å². The van der Waals surface area contributed by atoms with E-state index in [9.17, 15) is 19.5 Å². The predicted molar refractivity (Wildman–Crippen MR) is 207 cm³/mol. The maximum atomic E-state index is 15.2. The second kappa shape index (κ2) is 16.4. The SMILES string of the molecule is C=CCCC(=O)NC[C@@H](OC(=O)[C@@H]1[C@H]2O[C@@]3(CC2Br)[C@H](C(=O)N(CC=C)c2ccc4ccccc4c2)N([C@@H](CO)CC(C)C)C(=O)[C@@H]13)c1ccccc1. The van der Waals surface area contributed by atoms with Gasteiger partial charge in [-0.3, -0.25) is 19.2 Å². The molecule has 10 nitrogen and oxygen atoms in total. The van der Waals surface area contributed by atoms with E-state index in [0.717, 1.165) is 10.8 Å². The Balaban J connectivity index is 1.38. The van der Waals surface area contributed by atoms with Crippen molar-refractivity contribution in [2.45, 2.75) is 74.3 Å². The molecule has 8 atom stereocenters. The van der Waals surface area contributed by atoms with Crippen molar-refractivity contribution in [1.82, 2.24) is 10.2 Å². The van der Waals surface area contributed by atoms with E-state index in [4.69, 9.17) is 9.47 Å². The summed E-state index contributed by atoms with van der Waals surface area (Å²) in [5.74, 6) is -3.64. The normalized spacial score (nSPS) is 25.6. The first-order chi connectivity index (χ1) is 25.5. The zero-order chi connectivity index (χ0) is 37.9. The number of likely N-dealkylation sites (tertiary alicyclic amines) is 1. The summed E-state index contributed by atoms with van der Waals surface area (Å²) in [4.78, 5) is 59.9. The first kappa shape index (κ1) is 38.4. The van der Waals surface area contributed by atoms with Crippen LogP contribution in [-0.4, -0.2) is 82.0 Å². The van der Waals surface area contributed by atoms with Crippen LogP contribution in [0.1, 0.15) is 51.2 Å². The van der Waals surface area contributed by atoms with Gasteiger partial charge in [0.2, 0.25) is 11.8 Å². The molecule has 6 rings (SSSR count). The Labute approximate surface area is 319 Å². The number of nitrogens with one attached hydrogen (secondary N) is 1. The number of hydrogen-bond acceptors (Lipinski definition) is 7. The van der Waals surface area contributed by atoms with E-state index in [2.05, 4.69) is 34.4 Å². The van der Waals surface area contributed by atoms with E-state index in [1.165, 1.54) is 4.90 Å². The number of halogens is 1. The van der Waals surface area contributed by atoms with Gasteiger partial charge in [0.05, 0.1) is 37.1 Å². The first-order valence-electron chi connectivity index (χ1n) is 18.3. The molecule has 3 amide bonds. The summed E-state index contributed by atoms with van der Waals surface area (Å²) in [6.07, 6.45) is 3.20. The number of anilines is 1. The minimum Gasteiger partial charge on any atom is -0.455 e. The van der Waals surface area contributed by atoms with E-state index in [-0.39, 0.29) is 48.7 Å². The predicted octanol–water partition coefficient (Wildman–Crippen LogP) is 5.88. The molecule has 0 saturated carbocycles. The molecule has 280 valence electrons. The largest absolute Gasteiger partial charge is 0.455 e. The summed E-state index contributed by atoms with van der Waals surface area (Å²) < 4.78 is 13.0. The van der Waals surface area contributed by atoms with Crippen molar-refractivity contribution in [3.63, 3.8) is 0 Å². The van der Waals surface area contributed by atoms with Crippen molar-refractivity contribution in [3.05, 3.63) is 104 Å². The zero-order valence-corrected chi connectivity index (χ0v) is 31.8. The number of aliphatic hydroxyl groups is 1. The van der Waals surface area contributed by atoms with Crippen molar-refractivity contribution in [2.75, 3.05) is 24.6 Å². The fourth-order valence-electron chi connectivity index (χ4n) is 8.42. The van der Waals surface area contributed by atoms with E-state index >= 15 is 4.79 Å². The lowest BCUT2D eigenvalue weighted by Crippen LogP contribution is -2.59. The molecule has 0 aliphatic carbocycles. The molecular formula is C42H48BrN3O7. The van der Waals surface area contributed by atoms with Crippen LogP contribution in [0, 0.1) is 17.8 Å². The maximum Gasteiger partial charge on any atom is 0.313 e. The zero-order valence-electron chi connectivity index (χ0n) is 30.2. The third-order valence-corrected chi connectivity index (χ3v) is 11.5. The molecule has 0 aromatic heterocycles. The minimum atomic E-state index is -1.38. The van der Waals surface area contributed by atoms with E-state index in [1.54, 1.807) is 17.1 Å². The Kier molecular flexibility index (Phi) is 11.9. The standard InChI is InChI=1S/C42H48BrN3O7/c1-5-7-17-34(48)44-24-33(28-14-9-8-10-15-28)52-41(51)35-36-39(49)46(31(25-47)21-26(3)4)38(42(36)23-32(43)37(35)53-42)40(50)45(20-6-2)30-19-18-27-13-11-12-16-29(27)22-30/h5-6,8-16,18-19,22,26,31-33,35-38,47H,1-2,7,17,20-21,23-25H2,3-4H3,(H,44,48)/t31-,32?,33-,35+,36-,37+,38+,42-/m1/s1. The second-order valence-corrected chi connectivity index (χ2v) is 15.8. The summed E-state index contributed by atoms with van der Waals surface area (Å²) in [6, 6.07) is 20.9. The Morgan fingerprint density at radius 1 is 1.08 bits per heavy atom. The number of carbonyl (C=O) groups is 4. The van der Waals surface area contributed by atoms with Gasteiger partial charge < -0.3 is 29.7 Å². The monoisotopic (exact) mass is 785 g/mol. The highest BCUT2D eigenvalue weighted by Gasteiger charge is 2.77. The molecule has 3 aromatic carbocycles. The second-order valence-electron chi connectivity index (χ2n) is 14.6. The molecule has 3 aromatic rings. The van der Waals surface area contributed by atoms with Gasteiger partial charge in [-0.15, -0.1) is 13.2 Å². The number of amides is 3. The van der Waals surface area contributed by atoms with Crippen LogP contribution in [0.5, 0.6) is 0 Å². The van der Waals surface area contributed by atoms with Crippen molar-refractivity contribution in [3.8, 4) is 0 Å². The van der Waals surface area contributed by atoms with Gasteiger partial charge in [0.1, 0.15) is 17.7 Å². The van der Waals surface area contributed by atoms with Crippen molar-refractivity contribution in [2.24, 2.45) is 17.8 Å². The van der Waals surface area contributed by atoms with Gasteiger partial charge in [-0.05, 0) is 53.6 Å². The molecule has 0 radical (unpaired) electrons. The summed E-state index contributed by atoms with van der Waals surface area (Å²) in [5, 5.41) is 15.6. The van der Waals surface area contributed by atoms with Crippen molar-refractivity contribution < 1.29 is 33.8 Å². The fraction of sp³-hybridized carbons (Fsp3) is 0.429. The number of allylic oxidation sites excluding steroid dienone is 1. The van der Waals surface area contributed by atoms with Gasteiger partial charge in [0.25, 0.3) is 5.91 Å². The third kappa shape index (κ3) is 7.43. The number of aliphatic hydroxyl groups excluding tert-OH is 1. The smallest absolute Gasteiger partial charge is 0.313 e. The number of nitrogens with zero attached hydrogens (tertiary/aromatic N) is 2. The highest BCUT2D eigenvalue weighted by molar-refractivity contribution is 9.09. The number of esters is 1. The average Bonchev–Trinajstić information content (AvgIpc) is 3.76. The van der Waals surface area contributed by atoms with Crippen LogP contribution in [0.25, 0.3) is 10.8 Å². The quantitative estimate of drug-likeness (QED) is 0.106. The van der Waals surface area contributed by atoms with Crippen LogP contribution in [0.2, 0.25) is 0 Å². The van der Waals surface area contributed by atoms with Crippen LogP contribution < -0.4 is 10.2 Å². The summed E-state index contributed by atoms with van der Waals surface area (Å²) in [7, 11) is 0. The molecule has 1 spiro atoms. The molecule has 11 heteroatoms. The minimum absolute atomic E-state index is 0.0297. The van der Waals surface area contributed by atoms with Crippen LogP contribution in [0.4, 0.5) is 5.69 Å². The molecule has 3 aliphatic rings. The van der Waals surface area contributed by atoms with Gasteiger partial charge in [0.15, 0.2) is 0 Å². The Bertz CT molecular complexity index is 1850. The lowest BCUT2D eigenvalue weighted by molar-refractivity contribution is -0.161. The van der Waals surface area contributed by atoms with Gasteiger partial charge in [0, 0.05) is 23.5 Å². The molecule has 2 N–H and O–H groups in total.